The molecule has 0 N–H and O–H groups in total. The van der Waals surface area contributed by atoms with Crippen molar-refractivity contribution in [1.82, 2.24) is 4.90 Å². The summed E-state index contributed by atoms with van der Waals surface area (Å²) < 4.78 is 0. The molecule has 0 rings (SSSR count). The predicted molar refractivity (Wildman–Crippen MR) is 89.2 cm³/mol. The van der Waals surface area contributed by atoms with E-state index in [2.05, 4.69) is 18.7 Å². The molecule has 2 heteroatoms. The van der Waals surface area contributed by atoms with Gasteiger partial charge < -0.3 is 0 Å². The lowest BCUT2D eigenvalue weighted by atomic mass is 9.90. The Bertz CT molecular complexity index is 230. The highest BCUT2D eigenvalue weighted by atomic mass is 16.1. The second-order valence-electron chi connectivity index (χ2n) is 7.07. The number of nitrogens with zero attached hydrogens (tertiary/aromatic N) is 1. The summed E-state index contributed by atoms with van der Waals surface area (Å²) >= 11 is 0. The standard InChI is InChI=1S/C18H37NO/c1-6-8-10-12-14-19(15-13-11-9-7-2)16-17(20)18(3,4)5/h6-16H2,1-5H3. The van der Waals surface area contributed by atoms with E-state index >= 15 is 0 Å². The Hall–Kier alpha value is -0.370. The minimum atomic E-state index is -0.203. The first-order chi connectivity index (χ1) is 9.41. The Morgan fingerprint density at radius 2 is 1.25 bits per heavy atom. The Balaban J connectivity index is 4.13. The summed E-state index contributed by atoms with van der Waals surface area (Å²) in [5.41, 5.74) is -0.203. The maximum absolute atomic E-state index is 12.2. The van der Waals surface area contributed by atoms with Gasteiger partial charge in [-0.15, -0.1) is 0 Å². The number of hydrogen-bond donors (Lipinski definition) is 0. The zero-order valence-corrected chi connectivity index (χ0v) is 14.6. The van der Waals surface area contributed by atoms with E-state index in [0.717, 1.165) is 13.1 Å². The van der Waals surface area contributed by atoms with Crippen LogP contribution in [-0.4, -0.2) is 30.3 Å². The van der Waals surface area contributed by atoms with Gasteiger partial charge in [0.2, 0.25) is 0 Å². The average Bonchev–Trinajstić information content (AvgIpc) is 2.38. The smallest absolute Gasteiger partial charge is 0.152 e. The number of ketones is 1. The Kier molecular flexibility index (Phi) is 11.1. The van der Waals surface area contributed by atoms with E-state index in [-0.39, 0.29) is 5.41 Å². The molecule has 0 aromatic heterocycles. The molecule has 20 heavy (non-hydrogen) atoms. The van der Waals surface area contributed by atoms with Gasteiger partial charge in [-0.2, -0.15) is 0 Å². The van der Waals surface area contributed by atoms with Gasteiger partial charge >= 0.3 is 0 Å². The molecule has 0 saturated heterocycles. The zero-order chi connectivity index (χ0) is 15.4. The van der Waals surface area contributed by atoms with Gasteiger partial charge in [0.1, 0.15) is 0 Å². The molecule has 0 aliphatic rings. The molecule has 0 heterocycles. The minimum absolute atomic E-state index is 0.203. The fourth-order valence-electron chi connectivity index (χ4n) is 2.23. The molecule has 2 nitrogen and oxygen atoms in total. The van der Waals surface area contributed by atoms with Crippen LogP contribution in [0.1, 0.15) is 86.0 Å². The van der Waals surface area contributed by atoms with Crippen LogP contribution in [0.2, 0.25) is 0 Å². The molecule has 0 atom stereocenters. The number of Topliss-reactive ketones (excluding diaryl/α,β-unsaturated/α-hetero) is 1. The molecule has 0 saturated carbocycles. The van der Waals surface area contributed by atoms with Crippen LogP contribution in [0.25, 0.3) is 0 Å². The Morgan fingerprint density at radius 3 is 1.60 bits per heavy atom. The van der Waals surface area contributed by atoms with Crippen LogP contribution in [0.15, 0.2) is 0 Å². The Labute approximate surface area is 127 Å². The SMILES string of the molecule is CCCCCCN(CCCCCC)CC(=O)C(C)(C)C. The van der Waals surface area contributed by atoms with E-state index in [1.54, 1.807) is 0 Å². The molecular formula is C18H37NO. The molecule has 120 valence electrons. The zero-order valence-electron chi connectivity index (χ0n) is 14.6. The molecule has 0 fully saturated rings. The lowest BCUT2D eigenvalue weighted by Gasteiger charge is -2.25. The van der Waals surface area contributed by atoms with Gasteiger partial charge in [-0.1, -0.05) is 73.1 Å². The van der Waals surface area contributed by atoms with Gasteiger partial charge in [-0.3, -0.25) is 9.69 Å². The van der Waals surface area contributed by atoms with Crippen molar-refractivity contribution in [2.24, 2.45) is 5.41 Å². The molecule has 0 spiro atoms. The molecule has 0 aliphatic heterocycles. The van der Waals surface area contributed by atoms with E-state index in [9.17, 15) is 4.79 Å². The maximum Gasteiger partial charge on any atom is 0.152 e. The van der Waals surface area contributed by atoms with E-state index < -0.39 is 0 Å². The molecule has 0 aliphatic carbocycles. The van der Waals surface area contributed by atoms with Crippen molar-refractivity contribution < 1.29 is 4.79 Å². The molecule has 0 amide bonds. The molecular weight excluding hydrogens is 246 g/mol. The maximum atomic E-state index is 12.2. The summed E-state index contributed by atoms with van der Waals surface area (Å²) in [6, 6.07) is 0. The fraction of sp³-hybridized carbons (Fsp3) is 0.944. The highest BCUT2D eigenvalue weighted by Gasteiger charge is 2.23. The van der Waals surface area contributed by atoms with Crippen molar-refractivity contribution in [2.45, 2.75) is 86.0 Å². The molecule has 0 unspecified atom stereocenters. The summed E-state index contributed by atoms with van der Waals surface area (Å²) in [6.07, 6.45) is 10.2. The van der Waals surface area contributed by atoms with Crippen LogP contribution in [0, 0.1) is 5.41 Å². The normalized spacial score (nSPS) is 12.1. The second kappa shape index (κ2) is 11.3. The summed E-state index contributed by atoms with van der Waals surface area (Å²) in [6.45, 7) is 13.4. The number of carbonyl (C=O) groups is 1. The van der Waals surface area contributed by atoms with Crippen molar-refractivity contribution >= 4 is 5.78 Å². The van der Waals surface area contributed by atoms with E-state index in [0.29, 0.717) is 12.3 Å². The first-order valence-electron chi connectivity index (χ1n) is 8.67. The monoisotopic (exact) mass is 283 g/mol. The molecule has 0 radical (unpaired) electrons. The summed E-state index contributed by atoms with van der Waals surface area (Å²) in [7, 11) is 0. The third-order valence-electron chi connectivity index (χ3n) is 3.86. The predicted octanol–water partition coefficient (Wildman–Crippen LogP) is 5.06. The topological polar surface area (TPSA) is 20.3 Å². The minimum Gasteiger partial charge on any atom is -0.298 e. The van der Waals surface area contributed by atoms with Crippen LogP contribution >= 0.6 is 0 Å². The van der Waals surface area contributed by atoms with Gasteiger partial charge in [0.05, 0.1) is 6.54 Å². The largest absolute Gasteiger partial charge is 0.298 e. The molecule has 0 aromatic carbocycles. The summed E-state index contributed by atoms with van der Waals surface area (Å²) in [4.78, 5) is 14.6. The van der Waals surface area contributed by atoms with Crippen LogP contribution in [-0.2, 0) is 4.79 Å². The highest BCUT2D eigenvalue weighted by Crippen LogP contribution is 2.16. The summed E-state index contributed by atoms with van der Waals surface area (Å²) in [5, 5.41) is 0. The number of hydrogen-bond acceptors (Lipinski definition) is 2. The van der Waals surface area contributed by atoms with Gasteiger partial charge in [-0.25, -0.2) is 0 Å². The van der Waals surface area contributed by atoms with E-state index in [1.165, 1.54) is 51.4 Å². The summed E-state index contributed by atoms with van der Waals surface area (Å²) in [5.74, 6) is 0.378. The van der Waals surface area contributed by atoms with Crippen molar-refractivity contribution in [2.75, 3.05) is 19.6 Å². The van der Waals surface area contributed by atoms with Crippen molar-refractivity contribution in [3.8, 4) is 0 Å². The van der Waals surface area contributed by atoms with Gasteiger partial charge in [-0.05, 0) is 25.9 Å². The first-order valence-corrected chi connectivity index (χ1v) is 8.67. The van der Waals surface area contributed by atoms with Crippen molar-refractivity contribution in [3.63, 3.8) is 0 Å². The number of carbonyl (C=O) groups excluding carboxylic acids is 1. The molecule has 0 aromatic rings. The lowest BCUT2D eigenvalue weighted by molar-refractivity contribution is -0.127. The number of unbranched alkanes of at least 4 members (excludes halogenated alkanes) is 6. The lowest BCUT2D eigenvalue weighted by Crippen LogP contribution is -2.37. The third-order valence-corrected chi connectivity index (χ3v) is 3.86. The van der Waals surface area contributed by atoms with Gasteiger partial charge in [0.25, 0.3) is 0 Å². The van der Waals surface area contributed by atoms with Crippen LogP contribution in [0.4, 0.5) is 0 Å². The van der Waals surface area contributed by atoms with Gasteiger partial charge in [0.15, 0.2) is 5.78 Å². The van der Waals surface area contributed by atoms with Crippen LogP contribution in [0.3, 0.4) is 0 Å². The Morgan fingerprint density at radius 1 is 0.800 bits per heavy atom. The quantitative estimate of drug-likeness (QED) is 0.466. The van der Waals surface area contributed by atoms with Crippen LogP contribution in [0.5, 0.6) is 0 Å². The van der Waals surface area contributed by atoms with E-state index in [4.69, 9.17) is 0 Å². The highest BCUT2D eigenvalue weighted by molar-refractivity contribution is 5.85. The van der Waals surface area contributed by atoms with Crippen molar-refractivity contribution in [3.05, 3.63) is 0 Å². The van der Waals surface area contributed by atoms with Gasteiger partial charge in [0, 0.05) is 5.41 Å². The van der Waals surface area contributed by atoms with E-state index in [1.807, 2.05) is 20.8 Å². The average molecular weight is 284 g/mol. The van der Waals surface area contributed by atoms with Crippen LogP contribution < -0.4 is 0 Å². The first kappa shape index (κ1) is 19.6. The number of rotatable bonds is 12. The third kappa shape index (κ3) is 10.4. The molecule has 0 bridgehead atoms. The van der Waals surface area contributed by atoms with Crippen molar-refractivity contribution in [1.29, 1.82) is 0 Å². The second-order valence-corrected chi connectivity index (χ2v) is 7.07. The fourth-order valence-corrected chi connectivity index (χ4v) is 2.23.